The van der Waals surface area contributed by atoms with Gasteiger partial charge in [-0.3, -0.25) is 10.1 Å². The smallest absolute Gasteiger partial charge is 0.748 e. The van der Waals surface area contributed by atoms with Crippen molar-refractivity contribution in [2.45, 2.75) is 33.6 Å². The van der Waals surface area contributed by atoms with Gasteiger partial charge >= 0.3 is 41.5 Å². The fourth-order valence-electron chi connectivity index (χ4n) is 3.44. The number of carbonyl (C=O) groups is 2. The third kappa shape index (κ3) is 11.4. The van der Waals surface area contributed by atoms with E-state index in [1.165, 1.54) is 12.1 Å². The number of hydrogen-bond donors (Lipinski definition) is 2. The summed E-state index contributed by atoms with van der Waals surface area (Å²) in [7, 11) is -2.75. The maximum atomic E-state index is 12.6. The molecule has 0 unspecified atom stereocenters. The first-order chi connectivity index (χ1) is 18.9. The van der Waals surface area contributed by atoms with Gasteiger partial charge in [-0.15, -0.1) is 10.2 Å². The summed E-state index contributed by atoms with van der Waals surface area (Å²) in [6.07, 6.45) is 0.150. The number of nitrogens with zero attached hydrogens (tertiary/aromatic N) is 3. The van der Waals surface area contributed by atoms with E-state index >= 15 is 0 Å². The summed E-state index contributed by atoms with van der Waals surface area (Å²) in [5, 5.41) is 21.4. The first-order valence-electron chi connectivity index (χ1n) is 12.3. The Morgan fingerprint density at radius 1 is 1.22 bits per heavy atom. The molecule has 2 N–H and O–H groups in total. The second-order valence-electron chi connectivity index (χ2n) is 8.19. The Hall–Kier alpha value is -1.82. The monoisotopic (exact) mass is 642 g/mol. The van der Waals surface area contributed by atoms with E-state index in [1.807, 2.05) is 0 Å². The number of anilines is 1. The second kappa shape index (κ2) is 18.0. The van der Waals surface area contributed by atoms with Crippen LogP contribution in [0.15, 0.2) is 22.4 Å². The number of thiophene rings is 1. The Labute approximate surface area is 270 Å². The van der Waals surface area contributed by atoms with E-state index in [2.05, 4.69) is 15.5 Å². The van der Waals surface area contributed by atoms with Crippen LogP contribution in [0.3, 0.4) is 0 Å². The van der Waals surface area contributed by atoms with Gasteiger partial charge in [-0.05, 0) is 33.4 Å². The molecule has 222 valence electrons. The summed E-state index contributed by atoms with van der Waals surface area (Å²) in [4.78, 5) is 26.1. The van der Waals surface area contributed by atoms with E-state index in [-0.39, 0.29) is 108 Å². The van der Waals surface area contributed by atoms with Crippen LogP contribution in [0.5, 0.6) is 10.8 Å². The molecule has 0 atom stereocenters. The zero-order valence-electron chi connectivity index (χ0n) is 23.6. The van der Waals surface area contributed by atoms with Crippen LogP contribution < -0.4 is 49.2 Å². The minimum atomic E-state index is -4.42. The van der Waals surface area contributed by atoms with E-state index in [1.54, 1.807) is 32.7 Å². The number of rotatable bonds is 16. The van der Waals surface area contributed by atoms with Gasteiger partial charge in [0.2, 0.25) is 0 Å². The fourth-order valence-corrected chi connectivity index (χ4v) is 5.23. The van der Waals surface area contributed by atoms with E-state index < -0.39 is 27.8 Å². The SMILES string of the molecule is CCOC(=O)c1c(N=Nc2cc(Cl)c(N(CCO)CCCS(=O)(=O)[O-])c(OCNC)c2)sc(OC(=O)CC)c1C.[Na+]. The molecular weight excluding hydrogens is 611 g/mol. The molecule has 0 saturated carbocycles. The van der Waals surface area contributed by atoms with Gasteiger partial charge in [0, 0.05) is 36.9 Å². The van der Waals surface area contributed by atoms with Gasteiger partial charge in [0.25, 0.3) is 0 Å². The van der Waals surface area contributed by atoms with Crippen molar-refractivity contribution in [3.05, 3.63) is 28.3 Å². The van der Waals surface area contributed by atoms with Crippen molar-refractivity contribution in [3.63, 3.8) is 0 Å². The van der Waals surface area contributed by atoms with Crippen LogP contribution in [0.2, 0.25) is 5.02 Å². The van der Waals surface area contributed by atoms with Crippen molar-refractivity contribution in [1.29, 1.82) is 0 Å². The molecule has 0 fully saturated rings. The van der Waals surface area contributed by atoms with Crippen molar-refractivity contribution in [1.82, 2.24) is 5.32 Å². The van der Waals surface area contributed by atoms with Gasteiger partial charge < -0.3 is 28.8 Å². The largest absolute Gasteiger partial charge is 1.00 e. The van der Waals surface area contributed by atoms with Crippen molar-refractivity contribution in [3.8, 4) is 10.8 Å². The Kier molecular flexibility index (Phi) is 16.3. The van der Waals surface area contributed by atoms with E-state index in [0.29, 0.717) is 11.3 Å². The minimum absolute atomic E-state index is 0. The third-order valence-corrected chi connectivity index (χ3v) is 7.34. The number of benzene rings is 1. The number of aliphatic hydroxyl groups is 1. The zero-order valence-corrected chi connectivity index (χ0v) is 27.9. The summed E-state index contributed by atoms with van der Waals surface area (Å²) in [5.74, 6) is -1.45. The first kappa shape index (κ1) is 37.2. The van der Waals surface area contributed by atoms with Gasteiger partial charge in [0.05, 0.1) is 39.7 Å². The molecule has 0 amide bonds. The number of azo groups is 1. The maximum Gasteiger partial charge on any atom is 1.00 e. The number of hydrogen-bond acceptors (Lipinski definition) is 14. The Bertz CT molecular complexity index is 1320. The molecule has 0 bridgehead atoms. The number of aliphatic hydroxyl groups excluding tert-OH is 1. The molecule has 0 aliphatic heterocycles. The number of carbonyl (C=O) groups excluding carboxylic acids is 2. The van der Waals surface area contributed by atoms with Crippen LogP contribution in [0.1, 0.15) is 42.6 Å². The van der Waals surface area contributed by atoms with Crippen LogP contribution in [0.4, 0.5) is 16.4 Å². The van der Waals surface area contributed by atoms with Gasteiger partial charge in [-0.25, -0.2) is 13.2 Å². The number of esters is 2. The predicted molar refractivity (Wildman–Crippen MR) is 150 cm³/mol. The summed E-state index contributed by atoms with van der Waals surface area (Å²) in [6, 6.07) is 3.00. The molecule has 0 spiro atoms. The van der Waals surface area contributed by atoms with Crippen LogP contribution in [-0.2, 0) is 19.6 Å². The fraction of sp³-hybridized carbons (Fsp3) is 0.500. The van der Waals surface area contributed by atoms with E-state index in [0.717, 1.165) is 11.3 Å². The molecule has 1 heterocycles. The van der Waals surface area contributed by atoms with Crippen LogP contribution in [0, 0.1) is 6.92 Å². The molecule has 2 aromatic rings. The van der Waals surface area contributed by atoms with Crippen molar-refractivity contribution >= 4 is 61.4 Å². The molecule has 41 heavy (non-hydrogen) atoms. The number of nitrogens with one attached hydrogen (secondary N) is 1. The molecular formula is C24H32ClN4NaO9S2. The normalized spacial score (nSPS) is 11.3. The van der Waals surface area contributed by atoms with Crippen molar-refractivity contribution in [2.24, 2.45) is 10.2 Å². The average Bonchev–Trinajstić information content (AvgIpc) is 3.19. The minimum Gasteiger partial charge on any atom is -0.748 e. The molecule has 13 nitrogen and oxygen atoms in total. The summed E-state index contributed by atoms with van der Waals surface area (Å²) in [5.41, 5.74) is 1.12. The average molecular weight is 643 g/mol. The van der Waals surface area contributed by atoms with Crippen molar-refractivity contribution in [2.75, 3.05) is 50.7 Å². The number of ether oxygens (including phenoxy) is 3. The Balaban J connectivity index is 0.00000840. The summed E-state index contributed by atoms with van der Waals surface area (Å²) < 4.78 is 49.4. The molecule has 2 rings (SSSR count). The van der Waals surface area contributed by atoms with Crippen molar-refractivity contribution < 1.29 is 71.4 Å². The molecule has 0 aliphatic rings. The van der Waals surface area contributed by atoms with E-state index in [4.69, 9.17) is 25.8 Å². The summed E-state index contributed by atoms with van der Waals surface area (Å²) in [6.45, 7) is 5.05. The first-order valence-corrected chi connectivity index (χ1v) is 15.1. The maximum absolute atomic E-state index is 12.6. The Morgan fingerprint density at radius 2 is 1.93 bits per heavy atom. The van der Waals surface area contributed by atoms with Crippen LogP contribution in [0.25, 0.3) is 0 Å². The van der Waals surface area contributed by atoms with Gasteiger partial charge in [0.1, 0.15) is 18.0 Å². The molecule has 1 aromatic heterocycles. The molecule has 17 heteroatoms. The Morgan fingerprint density at radius 3 is 2.51 bits per heavy atom. The topological polar surface area (TPSA) is 179 Å². The van der Waals surface area contributed by atoms with Gasteiger partial charge in [-0.2, -0.15) is 0 Å². The third-order valence-electron chi connectivity index (χ3n) is 5.21. The van der Waals surface area contributed by atoms with Gasteiger partial charge in [-0.1, -0.05) is 29.9 Å². The van der Waals surface area contributed by atoms with Gasteiger partial charge in [0.15, 0.2) is 10.1 Å². The van der Waals surface area contributed by atoms with E-state index in [9.17, 15) is 27.7 Å². The van der Waals surface area contributed by atoms with Crippen LogP contribution in [-0.4, -0.2) is 75.9 Å². The standard InChI is InChI=1S/C24H33ClN4O9S2.Na/c1-5-19(31)38-24-15(3)20(23(32)36-6-2)22(39-24)28-27-16-12-17(25)21(18(13-16)37-14-26-4)29(9-10-30)8-7-11-40(33,34)35;/h12-13,26,30H,5-11,14H2,1-4H3,(H,33,34,35);/q;+1/p-1. The molecule has 0 aliphatic carbocycles. The molecule has 1 aromatic carbocycles. The molecule has 0 radical (unpaired) electrons. The molecule has 0 saturated heterocycles. The predicted octanol–water partition coefficient (Wildman–Crippen LogP) is 0.911. The zero-order chi connectivity index (χ0) is 29.9. The quantitative estimate of drug-likeness (QED) is 0.0874. The summed E-state index contributed by atoms with van der Waals surface area (Å²) >= 11 is 7.55. The number of halogens is 1. The van der Waals surface area contributed by atoms with Crippen LogP contribution >= 0.6 is 22.9 Å². The second-order valence-corrected chi connectivity index (χ2v) is 11.1.